The van der Waals surface area contributed by atoms with Gasteiger partial charge in [0.15, 0.2) is 5.60 Å². The largest absolute Gasteiger partial charge is 0.478 e. The van der Waals surface area contributed by atoms with Crippen molar-refractivity contribution in [3.8, 4) is 5.75 Å². The number of benzene rings is 1. The summed E-state index contributed by atoms with van der Waals surface area (Å²) in [5.41, 5.74) is -2.17. The van der Waals surface area contributed by atoms with Crippen LogP contribution >= 0.6 is 0 Å². The molecule has 1 radical (unpaired) electrons. The summed E-state index contributed by atoms with van der Waals surface area (Å²) in [4.78, 5) is 0. The molecular formula is C10H10F3O. The molecule has 0 N–H and O–H groups in total. The third-order valence-corrected chi connectivity index (χ3v) is 1.74. The summed E-state index contributed by atoms with van der Waals surface area (Å²) in [6.45, 7) is 1.98. The Morgan fingerprint density at radius 3 is 2.07 bits per heavy atom. The Kier molecular flexibility index (Phi) is 2.73. The highest BCUT2D eigenvalue weighted by molar-refractivity contribution is 5.21. The lowest BCUT2D eigenvalue weighted by Gasteiger charge is -2.28. The predicted molar refractivity (Wildman–Crippen MR) is 46.0 cm³/mol. The Hall–Kier alpha value is -1.19. The van der Waals surface area contributed by atoms with Crippen molar-refractivity contribution < 1.29 is 17.9 Å². The molecule has 4 heteroatoms. The average Bonchev–Trinajstić information content (AvgIpc) is 2.03. The molecular weight excluding hydrogens is 193 g/mol. The van der Waals surface area contributed by atoms with Crippen LogP contribution in [0.15, 0.2) is 24.3 Å². The molecule has 0 saturated heterocycles. The minimum Gasteiger partial charge on any atom is -0.478 e. The van der Waals surface area contributed by atoms with E-state index < -0.39 is 11.8 Å². The lowest BCUT2D eigenvalue weighted by atomic mass is 10.1. The number of alkyl halides is 3. The summed E-state index contributed by atoms with van der Waals surface area (Å²) in [6, 6.07) is 8.58. The van der Waals surface area contributed by atoms with Gasteiger partial charge in [-0.05, 0) is 32.0 Å². The summed E-state index contributed by atoms with van der Waals surface area (Å²) < 4.78 is 42.0. The fraction of sp³-hybridized carbons (Fsp3) is 0.400. The molecule has 0 heterocycles. The van der Waals surface area contributed by atoms with Crippen LogP contribution in [0.1, 0.15) is 13.8 Å². The highest BCUT2D eigenvalue weighted by Crippen LogP contribution is 2.33. The Labute approximate surface area is 80.5 Å². The Bertz CT molecular complexity index is 290. The second-order valence-corrected chi connectivity index (χ2v) is 3.35. The van der Waals surface area contributed by atoms with Gasteiger partial charge in [-0.15, -0.1) is 0 Å². The normalized spacial score (nSPS) is 12.6. The molecule has 0 fully saturated rings. The number of halogens is 3. The van der Waals surface area contributed by atoms with Crippen LogP contribution in [-0.4, -0.2) is 11.8 Å². The zero-order chi connectivity index (χ0) is 10.8. The Morgan fingerprint density at radius 2 is 1.64 bits per heavy atom. The maximum absolute atomic E-state index is 12.4. The first-order valence-corrected chi connectivity index (χ1v) is 4.05. The van der Waals surface area contributed by atoms with Gasteiger partial charge in [0.05, 0.1) is 0 Å². The molecule has 1 aromatic carbocycles. The minimum absolute atomic E-state index is 0.186. The van der Waals surface area contributed by atoms with E-state index in [-0.39, 0.29) is 5.75 Å². The molecule has 0 bridgehead atoms. The molecule has 1 nitrogen and oxygen atoms in total. The highest BCUT2D eigenvalue weighted by atomic mass is 19.4. The molecule has 0 aliphatic rings. The van der Waals surface area contributed by atoms with E-state index >= 15 is 0 Å². The number of ether oxygens (including phenoxy) is 1. The summed E-state index contributed by atoms with van der Waals surface area (Å²) in [5, 5.41) is 0. The van der Waals surface area contributed by atoms with E-state index in [1.807, 2.05) is 0 Å². The summed E-state index contributed by atoms with van der Waals surface area (Å²) >= 11 is 0. The molecule has 0 unspecified atom stereocenters. The lowest BCUT2D eigenvalue weighted by molar-refractivity contribution is -0.234. The molecule has 14 heavy (non-hydrogen) atoms. The lowest BCUT2D eigenvalue weighted by Crippen LogP contribution is -2.44. The van der Waals surface area contributed by atoms with Gasteiger partial charge in [0, 0.05) is 0 Å². The van der Waals surface area contributed by atoms with E-state index in [1.165, 1.54) is 24.3 Å². The van der Waals surface area contributed by atoms with Gasteiger partial charge in [-0.2, -0.15) is 13.2 Å². The molecule has 77 valence electrons. The van der Waals surface area contributed by atoms with E-state index in [4.69, 9.17) is 4.74 Å². The van der Waals surface area contributed by atoms with Crippen molar-refractivity contribution in [2.24, 2.45) is 0 Å². The van der Waals surface area contributed by atoms with Gasteiger partial charge in [0.2, 0.25) is 0 Å². The van der Waals surface area contributed by atoms with Crippen LogP contribution in [0.2, 0.25) is 0 Å². The van der Waals surface area contributed by atoms with Crippen molar-refractivity contribution >= 4 is 0 Å². The van der Waals surface area contributed by atoms with Crippen LogP contribution in [0.5, 0.6) is 5.75 Å². The third-order valence-electron chi connectivity index (χ3n) is 1.74. The Balaban J connectivity index is 2.79. The van der Waals surface area contributed by atoms with E-state index in [0.29, 0.717) is 0 Å². The zero-order valence-electron chi connectivity index (χ0n) is 7.85. The monoisotopic (exact) mass is 203 g/mol. The van der Waals surface area contributed by atoms with Gasteiger partial charge >= 0.3 is 6.18 Å². The van der Waals surface area contributed by atoms with E-state index in [2.05, 4.69) is 6.07 Å². The highest BCUT2D eigenvalue weighted by Gasteiger charge is 2.49. The molecule has 0 atom stereocenters. The van der Waals surface area contributed by atoms with Gasteiger partial charge < -0.3 is 4.74 Å². The predicted octanol–water partition coefficient (Wildman–Crippen LogP) is 3.21. The zero-order valence-corrected chi connectivity index (χ0v) is 7.85. The average molecular weight is 203 g/mol. The van der Waals surface area contributed by atoms with Gasteiger partial charge in [-0.25, -0.2) is 0 Å². The van der Waals surface area contributed by atoms with E-state index in [9.17, 15) is 13.2 Å². The van der Waals surface area contributed by atoms with Crippen LogP contribution in [0.3, 0.4) is 0 Å². The second kappa shape index (κ2) is 3.52. The van der Waals surface area contributed by atoms with Crippen molar-refractivity contribution in [1.82, 2.24) is 0 Å². The van der Waals surface area contributed by atoms with E-state index in [1.54, 1.807) is 0 Å². The number of hydrogen-bond donors (Lipinski definition) is 0. The molecule has 0 amide bonds. The Morgan fingerprint density at radius 1 is 1.14 bits per heavy atom. The van der Waals surface area contributed by atoms with Crippen LogP contribution in [-0.2, 0) is 0 Å². The van der Waals surface area contributed by atoms with Crippen LogP contribution in [0.4, 0.5) is 13.2 Å². The first-order valence-electron chi connectivity index (χ1n) is 4.05. The summed E-state index contributed by atoms with van der Waals surface area (Å²) in [7, 11) is 0. The standard InChI is InChI=1S/C10H10F3O/c1-9(2,10(11,12)13)14-8-6-4-3-5-7-8/h4-7H,1-2H3. The van der Waals surface area contributed by atoms with Crippen LogP contribution in [0.25, 0.3) is 0 Å². The fourth-order valence-corrected chi connectivity index (χ4v) is 0.792. The van der Waals surface area contributed by atoms with Crippen molar-refractivity contribution in [2.75, 3.05) is 0 Å². The van der Waals surface area contributed by atoms with Crippen molar-refractivity contribution in [3.63, 3.8) is 0 Å². The number of hydrogen-bond acceptors (Lipinski definition) is 1. The van der Waals surface area contributed by atoms with Crippen molar-refractivity contribution in [3.05, 3.63) is 30.3 Å². The fourth-order valence-electron chi connectivity index (χ4n) is 0.792. The first-order chi connectivity index (χ1) is 6.33. The SMILES string of the molecule is CC(C)(Oc1cc[c]cc1)C(F)(F)F. The molecule has 0 aliphatic heterocycles. The van der Waals surface area contributed by atoms with Gasteiger partial charge in [0.1, 0.15) is 5.75 Å². The third kappa shape index (κ3) is 2.40. The quantitative estimate of drug-likeness (QED) is 0.717. The van der Waals surface area contributed by atoms with Crippen molar-refractivity contribution in [1.29, 1.82) is 0 Å². The van der Waals surface area contributed by atoms with Gasteiger partial charge in [0.25, 0.3) is 0 Å². The number of rotatable bonds is 2. The maximum Gasteiger partial charge on any atom is 0.427 e. The molecule has 1 aromatic rings. The van der Waals surface area contributed by atoms with Crippen molar-refractivity contribution in [2.45, 2.75) is 25.6 Å². The van der Waals surface area contributed by atoms with Gasteiger partial charge in [-0.3, -0.25) is 0 Å². The van der Waals surface area contributed by atoms with Gasteiger partial charge in [-0.1, -0.05) is 12.1 Å². The molecule has 0 saturated carbocycles. The summed E-state index contributed by atoms with van der Waals surface area (Å²) in [5.74, 6) is 0.186. The summed E-state index contributed by atoms with van der Waals surface area (Å²) in [6.07, 6.45) is -4.38. The van der Waals surface area contributed by atoms with E-state index in [0.717, 1.165) is 13.8 Å². The van der Waals surface area contributed by atoms with Crippen LogP contribution < -0.4 is 4.74 Å². The smallest absolute Gasteiger partial charge is 0.427 e. The molecule has 0 aromatic heterocycles. The molecule has 0 spiro atoms. The topological polar surface area (TPSA) is 9.23 Å². The minimum atomic E-state index is -4.38. The second-order valence-electron chi connectivity index (χ2n) is 3.35. The first kappa shape index (κ1) is 10.9. The molecule has 0 aliphatic carbocycles. The maximum atomic E-state index is 12.4. The molecule has 1 rings (SSSR count). The van der Waals surface area contributed by atoms with Crippen LogP contribution in [0, 0.1) is 6.07 Å².